The second-order valence-corrected chi connectivity index (χ2v) is 6.34. The highest BCUT2D eigenvalue weighted by Crippen LogP contribution is 2.23. The topological polar surface area (TPSA) is 43.8 Å². The van der Waals surface area contributed by atoms with Gasteiger partial charge in [0.1, 0.15) is 0 Å². The molecule has 0 radical (unpaired) electrons. The zero-order chi connectivity index (χ0) is 15.2. The molecule has 0 aliphatic carbocycles. The van der Waals surface area contributed by atoms with E-state index in [0.29, 0.717) is 6.04 Å². The highest BCUT2D eigenvalue weighted by molar-refractivity contribution is 5.18. The van der Waals surface area contributed by atoms with Crippen LogP contribution in [0.15, 0.2) is 42.9 Å². The summed E-state index contributed by atoms with van der Waals surface area (Å²) in [6.07, 6.45) is 7.08. The molecule has 0 saturated carbocycles. The quantitative estimate of drug-likeness (QED) is 0.831. The van der Waals surface area contributed by atoms with E-state index >= 15 is 0 Å². The zero-order valence-electron chi connectivity index (χ0n) is 13.4. The molecule has 0 fully saturated rings. The number of imidazole rings is 1. The molecular weight excluding hydrogens is 258 g/mol. The third kappa shape index (κ3) is 4.43. The monoisotopic (exact) mass is 285 g/mol. The van der Waals surface area contributed by atoms with Crippen LogP contribution in [0.25, 0.3) is 0 Å². The van der Waals surface area contributed by atoms with Crippen molar-refractivity contribution in [2.75, 3.05) is 0 Å². The lowest BCUT2D eigenvalue weighted by Gasteiger charge is -2.21. The first-order chi connectivity index (χ1) is 10.1. The average Bonchev–Trinajstić information content (AvgIpc) is 2.95. The van der Waals surface area contributed by atoms with E-state index in [1.807, 2.05) is 18.6 Å². The van der Waals surface area contributed by atoms with Gasteiger partial charge in [0.2, 0.25) is 0 Å². The third-order valence-electron chi connectivity index (χ3n) is 4.01. The molecule has 1 unspecified atom stereocenters. The molecular formula is C18H27N3. The van der Waals surface area contributed by atoms with Crippen LogP contribution in [-0.4, -0.2) is 9.55 Å². The molecule has 2 N–H and O–H groups in total. The van der Waals surface area contributed by atoms with E-state index in [0.717, 1.165) is 18.0 Å². The molecule has 0 spiro atoms. The van der Waals surface area contributed by atoms with Gasteiger partial charge in [0.25, 0.3) is 0 Å². The molecule has 114 valence electrons. The predicted octanol–water partition coefficient (Wildman–Crippen LogP) is 4.12. The summed E-state index contributed by atoms with van der Waals surface area (Å²) in [6.45, 7) is 6.79. The number of nitrogens with two attached hydrogens (primary N) is 1. The summed E-state index contributed by atoms with van der Waals surface area (Å²) >= 11 is 0. The lowest BCUT2D eigenvalue weighted by molar-refractivity contribution is 0.423. The van der Waals surface area contributed by atoms with Crippen molar-refractivity contribution in [3.05, 3.63) is 54.1 Å². The smallest absolute Gasteiger partial charge is 0.0951 e. The number of hydrogen-bond acceptors (Lipinski definition) is 2. The maximum atomic E-state index is 6.41. The van der Waals surface area contributed by atoms with Crippen LogP contribution in [0.4, 0.5) is 0 Å². The van der Waals surface area contributed by atoms with Crippen LogP contribution in [0, 0.1) is 5.92 Å². The van der Waals surface area contributed by atoms with E-state index in [1.165, 1.54) is 18.4 Å². The standard InChI is InChI=1S/C18H27N3/c1-14(2)9-10-15(3)21-13-20-12-18(21)17(19)11-16-7-5-4-6-8-16/h4-8,12-15,17H,9-11,19H2,1-3H3/t15?,17-/m1/s1. The highest BCUT2D eigenvalue weighted by atomic mass is 15.1. The Morgan fingerprint density at radius 3 is 2.48 bits per heavy atom. The SMILES string of the molecule is CC(C)CCC(C)n1cncc1[C@H](N)Cc1ccccc1. The van der Waals surface area contributed by atoms with Gasteiger partial charge in [-0.25, -0.2) is 4.98 Å². The summed E-state index contributed by atoms with van der Waals surface area (Å²) in [4.78, 5) is 4.32. The van der Waals surface area contributed by atoms with Gasteiger partial charge in [0, 0.05) is 12.2 Å². The fraction of sp³-hybridized carbons (Fsp3) is 0.500. The van der Waals surface area contributed by atoms with Gasteiger partial charge in [-0.2, -0.15) is 0 Å². The van der Waals surface area contributed by atoms with Crippen molar-refractivity contribution >= 4 is 0 Å². The highest BCUT2D eigenvalue weighted by Gasteiger charge is 2.16. The summed E-state index contributed by atoms with van der Waals surface area (Å²) in [6, 6.07) is 10.9. The van der Waals surface area contributed by atoms with Gasteiger partial charge < -0.3 is 10.3 Å². The first-order valence-corrected chi connectivity index (χ1v) is 7.89. The van der Waals surface area contributed by atoms with E-state index in [2.05, 4.69) is 54.6 Å². The van der Waals surface area contributed by atoms with Gasteiger partial charge in [0.05, 0.1) is 18.1 Å². The van der Waals surface area contributed by atoms with Gasteiger partial charge in [0.15, 0.2) is 0 Å². The molecule has 2 rings (SSSR count). The first-order valence-electron chi connectivity index (χ1n) is 7.89. The zero-order valence-corrected chi connectivity index (χ0v) is 13.4. The Balaban J connectivity index is 2.05. The van der Waals surface area contributed by atoms with Gasteiger partial charge >= 0.3 is 0 Å². The van der Waals surface area contributed by atoms with Crippen LogP contribution in [0.2, 0.25) is 0 Å². The number of benzene rings is 1. The lowest BCUT2D eigenvalue weighted by atomic mass is 10.0. The van der Waals surface area contributed by atoms with Crippen molar-refractivity contribution in [1.29, 1.82) is 0 Å². The Bertz CT molecular complexity index is 530. The second-order valence-electron chi connectivity index (χ2n) is 6.34. The Kier molecular flexibility index (Phi) is 5.57. The predicted molar refractivity (Wildman–Crippen MR) is 88.1 cm³/mol. The Morgan fingerprint density at radius 2 is 1.81 bits per heavy atom. The van der Waals surface area contributed by atoms with E-state index in [-0.39, 0.29) is 6.04 Å². The summed E-state index contributed by atoms with van der Waals surface area (Å²) in [5, 5.41) is 0. The molecule has 0 aliphatic rings. The fourth-order valence-corrected chi connectivity index (χ4v) is 2.66. The first kappa shape index (κ1) is 15.8. The third-order valence-corrected chi connectivity index (χ3v) is 4.01. The molecule has 1 aromatic heterocycles. The van der Waals surface area contributed by atoms with Crippen molar-refractivity contribution in [3.63, 3.8) is 0 Å². The van der Waals surface area contributed by atoms with E-state index in [1.54, 1.807) is 0 Å². The molecule has 21 heavy (non-hydrogen) atoms. The second kappa shape index (κ2) is 7.41. The molecule has 0 bridgehead atoms. The van der Waals surface area contributed by atoms with E-state index in [9.17, 15) is 0 Å². The van der Waals surface area contributed by atoms with Crippen molar-refractivity contribution < 1.29 is 0 Å². The maximum Gasteiger partial charge on any atom is 0.0951 e. The van der Waals surface area contributed by atoms with E-state index in [4.69, 9.17) is 5.73 Å². The molecule has 1 aromatic carbocycles. The van der Waals surface area contributed by atoms with Crippen molar-refractivity contribution in [2.45, 2.75) is 52.1 Å². The Hall–Kier alpha value is -1.61. The van der Waals surface area contributed by atoms with Gasteiger partial charge in [-0.1, -0.05) is 44.2 Å². The fourth-order valence-electron chi connectivity index (χ4n) is 2.66. The summed E-state index contributed by atoms with van der Waals surface area (Å²) < 4.78 is 2.25. The van der Waals surface area contributed by atoms with Crippen LogP contribution >= 0.6 is 0 Å². The Morgan fingerprint density at radius 1 is 1.10 bits per heavy atom. The number of hydrogen-bond donors (Lipinski definition) is 1. The van der Waals surface area contributed by atoms with Gasteiger partial charge in [-0.3, -0.25) is 0 Å². The molecule has 3 heteroatoms. The van der Waals surface area contributed by atoms with Crippen LogP contribution in [0.3, 0.4) is 0 Å². The number of aromatic nitrogens is 2. The lowest BCUT2D eigenvalue weighted by Crippen LogP contribution is -2.19. The van der Waals surface area contributed by atoms with Crippen LogP contribution in [-0.2, 0) is 6.42 Å². The van der Waals surface area contributed by atoms with Gasteiger partial charge in [-0.15, -0.1) is 0 Å². The molecule has 0 aliphatic heterocycles. The molecule has 0 saturated heterocycles. The average molecular weight is 285 g/mol. The van der Waals surface area contributed by atoms with Crippen molar-refractivity contribution in [3.8, 4) is 0 Å². The molecule has 1 heterocycles. The largest absolute Gasteiger partial charge is 0.330 e. The molecule has 3 nitrogen and oxygen atoms in total. The molecule has 0 amide bonds. The molecule has 2 atom stereocenters. The van der Waals surface area contributed by atoms with Crippen LogP contribution in [0.1, 0.15) is 57.0 Å². The minimum Gasteiger partial charge on any atom is -0.330 e. The van der Waals surface area contributed by atoms with Crippen LogP contribution in [0.5, 0.6) is 0 Å². The normalized spacial score (nSPS) is 14.3. The summed E-state index contributed by atoms with van der Waals surface area (Å²) in [5.74, 6) is 0.734. The van der Waals surface area contributed by atoms with E-state index < -0.39 is 0 Å². The maximum absolute atomic E-state index is 6.41. The minimum atomic E-state index is -0.00333. The van der Waals surface area contributed by atoms with Gasteiger partial charge in [-0.05, 0) is 37.7 Å². The minimum absolute atomic E-state index is 0.00333. The summed E-state index contributed by atoms with van der Waals surface area (Å²) in [7, 11) is 0. The number of rotatable bonds is 7. The Labute approximate surface area is 128 Å². The molecule has 2 aromatic rings. The van der Waals surface area contributed by atoms with Crippen LogP contribution < -0.4 is 5.73 Å². The summed E-state index contributed by atoms with van der Waals surface area (Å²) in [5.41, 5.74) is 8.81. The van der Waals surface area contributed by atoms with Crippen molar-refractivity contribution in [2.24, 2.45) is 11.7 Å². The number of nitrogens with zero attached hydrogens (tertiary/aromatic N) is 2. The van der Waals surface area contributed by atoms with Crippen molar-refractivity contribution in [1.82, 2.24) is 9.55 Å².